The van der Waals surface area contributed by atoms with Gasteiger partial charge >= 0.3 is 0 Å². The molecule has 0 radical (unpaired) electrons. The predicted molar refractivity (Wildman–Crippen MR) is 84.6 cm³/mol. The lowest BCUT2D eigenvalue weighted by molar-refractivity contribution is -0.121. The maximum Gasteiger partial charge on any atom is 0.233 e. The average molecular weight is 279 g/mol. The van der Waals surface area contributed by atoms with E-state index in [4.69, 9.17) is 0 Å². The Morgan fingerprint density at radius 1 is 1.26 bits per heavy atom. The van der Waals surface area contributed by atoms with Gasteiger partial charge in [-0.05, 0) is 51.9 Å². The molecule has 0 saturated heterocycles. The number of carbonyl (C=O) groups is 1. The Bertz CT molecular complexity index is 383. The van der Waals surface area contributed by atoms with Gasteiger partial charge in [-0.3, -0.25) is 4.79 Å². The Kier molecular flexibility index (Phi) is 6.43. The molecule has 0 spiro atoms. The Balaban J connectivity index is 2.20. The SMILES string of the molecule is CC(SCCCc1ccccc1)C(=O)NC(C)(C)C. The van der Waals surface area contributed by atoms with E-state index in [1.165, 1.54) is 5.56 Å². The second kappa shape index (κ2) is 7.59. The van der Waals surface area contributed by atoms with Crippen molar-refractivity contribution in [2.24, 2.45) is 0 Å². The van der Waals surface area contributed by atoms with E-state index in [0.717, 1.165) is 18.6 Å². The summed E-state index contributed by atoms with van der Waals surface area (Å²) < 4.78 is 0. The number of aryl methyl sites for hydroxylation is 1. The topological polar surface area (TPSA) is 29.1 Å². The molecule has 0 bridgehead atoms. The quantitative estimate of drug-likeness (QED) is 0.805. The minimum absolute atomic E-state index is 0.0231. The van der Waals surface area contributed by atoms with Crippen molar-refractivity contribution in [2.45, 2.75) is 51.3 Å². The van der Waals surface area contributed by atoms with E-state index in [0.29, 0.717) is 0 Å². The molecule has 0 aromatic heterocycles. The van der Waals surface area contributed by atoms with Gasteiger partial charge in [-0.25, -0.2) is 0 Å². The summed E-state index contributed by atoms with van der Waals surface area (Å²) in [5, 5.41) is 3.04. The third-order valence-electron chi connectivity index (χ3n) is 2.69. The average Bonchev–Trinajstić information content (AvgIpc) is 2.33. The molecular formula is C16H25NOS. The van der Waals surface area contributed by atoms with Gasteiger partial charge < -0.3 is 5.32 Å². The Labute approximate surface area is 121 Å². The summed E-state index contributed by atoms with van der Waals surface area (Å²) in [7, 11) is 0. The van der Waals surface area contributed by atoms with Gasteiger partial charge in [-0.2, -0.15) is 0 Å². The van der Waals surface area contributed by atoms with Crippen LogP contribution in [0.4, 0.5) is 0 Å². The minimum Gasteiger partial charge on any atom is -0.351 e. The molecular weight excluding hydrogens is 254 g/mol. The molecule has 0 aliphatic heterocycles. The zero-order valence-electron chi connectivity index (χ0n) is 12.4. The van der Waals surface area contributed by atoms with E-state index >= 15 is 0 Å². The highest BCUT2D eigenvalue weighted by molar-refractivity contribution is 8.00. The Hall–Kier alpha value is -0.960. The first-order valence-corrected chi connectivity index (χ1v) is 7.91. The van der Waals surface area contributed by atoms with Crippen molar-refractivity contribution in [3.8, 4) is 0 Å². The highest BCUT2D eigenvalue weighted by Gasteiger charge is 2.19. The standard InChI is InChI=1S/C16H25NOS/c1-13(15(18)17-16(2,3)4)19-12-8-11-14-9-6-5-7-10-14/h5-7,9-10,13H,8,11-12H2,1-4H3,(H,17,18). The van der Waals surface area contributed by atoms with Gasteiger partial charge in [0.25, 0.3) is 0 Å². The molecule has 2 nitrogen and oxygen atoms in total. The van der Waals surface area contributed by atoms with Gasteiger partial charge in [0.2, 0.25) is 5.91 Å². The van der Waals surface area contributed by atoms with Crippen LogP contribution >= 0.6 is 11.8 Å². The van der Waals surface area contributed by atoms with Crippen LogP contribution in [0.2, 0.25) is 0 Å². The fraction of sp³-hybridized carbons (Fsp3) is 0.562. The molecule has 1 unspecified atom stereocenters. The van der Waals surface area contributed by atoms with Gasteiger partial charge in [0.05, 0.1) is 5.25 Å². The van der Waals surface area contributed by atoms with E-state index in [-0.39, 0.29) is 16.7 Å². The molecule has 0 fully saturated rings. The first-order valence-electron chi connectivity index (χ1n) is 6.86. The molecule has 0 aliphatic carbocycles. The van der Waals surface area contributed by atoms with E-state index in [1.54, 1.807) is 11.8 Å². The van der Waals surface area contributed by atoms with Crippen LogP contribution in [-0.4, -0.2) is 22.4 Å². The van der Waals surface area contributed by atoms with E-state index in [2.05, 4.69) is 29.6 Å². The summed E-state index contributed by atoms with van der Waals surface area (Å²) >= 11 is 1.73. The number of rotatable bonds is 6. The second-order valence-electron chi connectivity index (χ2n) is 5.84. The monoisotopic (exact) mass is 279 g/mol. The zero-order valence-corrected chi connectivity index (χ0v) is 13.2. The maximum absolute atomic E-state index is 11.9. The van der Waals surface area contributed by atoms with Crippen LogP contribution in [0.1, 0.15) is 39.7 Å². The molecule has 1 N–H and O–H groups in total. The summed E-state index contributed by atoms with van der Waals surface area (Å²) in [6.07, 6.45) is 2.20. The van der Waals surface area contributed by atoms with Crippen LogP contribution in [0.3, 0.4) is 0 Å². The summed E-state index contributed by atoms with van der Waals surface area (Å²) in [6.45, 7) is 8.02. The molecule has 106 valence electrons. The number of hydrogen-bond acceptors (Lipinski definition) is 2. The van der Waals surface area contributed by atoms with Crippen molar-refractivity contribution < 1.29 is 4.79 Å². The van der Waals surface area contributed by atoms with Crippen LogP contribution in [-0.2, 0) is 11.2 Å². The third kappa shape index (κ3) is 7.26. The van der Waals surface area contributed by atoms with Crippen molar-refractivity contribution in [3.05, 3.63) is 35.9 Å². The van der Waals surface area contributed by atoms with Crippen LogP contribution in [0.25, 0.3) is 0 Å². The number of thioether (sulfide) groups is 1. The van der Waals surface area contributed by atoms with Crippen LogP contribution in [0, 0.1) is 0 Å². The first kappa shape index (κ1) is 16.1. The fourth-order valence-electron chi connectivity index (χ4n) is 1.73. The second-order valence-corrected chi connectivity index (χ2v) is 7.29. The van der Waals surface area contributed by atoms with Crippen molar-refractivity contribution in [1.29, 1.82) is 0 Å². The molecule has 1 aromatic rings. The van der Waals surface area contributed by atoms with Crippen LogP contribution < -0.4 is 5.32 Å². The first-order chi connectivity index (χ1) is 8.88. The number of carbonyl (C=O) groups excluding carboxylic acids is 1. The van der Waals surface area contributed by atoms with Crippen LogP contribution in [0.15, 0.2) is 30.3 Å². The van der Waals surface area contributed by atoms with Crippen LogP contribution in [0.5, 0.6) is 0 Å². The summed E-state index contributed by atoms with van der Waals surface area (Å²) in [4.78, 5) is 11.9. The molecule has 0 aliphatic rings. The summed E-state index contributed by atoms with van der Waals surface area (Å²) in [5.74, 6) is 1.16. The molecule has 0 saturated carbocycles. The highest BCUT2D eigenvalue weighted by atomic mass is 32.2. The lowest BCUT2D eigenvalue weighted by Crippen LogP contribution is -2.44. The normalized spacial score (nSPS) is 13.1. The number of benzene rings is 1. The number of amides is 1. The molecule has 1 amide bonds. The highest BCUT2D eigenvalue weighted by Crippen LogP contribution is 2.15. The predicted octanol–water partition coefficient (Wildman–Crippen LogP) is 3.66. The van der Waals surface area contributed by atoms with Gasteiger partial charge in [0.15, 0.2) is 0 Å². The zero-order chi connectivity index (χ0) is 14.3. The van der Waals surface area contributed by atoms with Crippen molar-refractivity contribution in [2.75, 3.05) is 5.75 Å². The largest absolute Gasteiger partial charge is 0.351 e. The molecule has 0 heterocycles. The van der Waals surface area contributed by atoms with Gasteiger partial charge in [-0.15, -0.1) is 11.8 Å². The smallest absolute Gasteiger partial charge is 0.233 e. The molecule has 1 atom stereocenters. The molecule has 1 aromatic carbocycles. The Morgan fingerprint density at radius 3 is 2.47 bits per heavy atom. The molecule has 1 rings (SSSR count). The maximum atomic E-state index is 11.9. The fourth-order valence-corrected chi connectivity index (χ4v) is 2.60. The summed E-state index contributed by atoms with van der Waals surface area (Å²) in [6, 6.07) is 10.5. The van der Waals surface area contributed by atoms with Gasteiger partial charge in [0.1, 0.15) is 0 Å². The minimum atomic E-state index is -0.143. The number of hydrogen-bond donors (Lipinski definition) is 1. The molecule has 19 heavy (non-hydrogen) atoms. The van der Waals surface area contributed by atoms with Crippen molar-refractivity contribution >= 4 is 17.7 Å². The number of nitrogens with one attached hydrogen (secondary N) is 1. The van der Waals surface area contributed by atoms with Crippen molar-refractivity contribution in [1.82, 2.24) is 5.32 Å². The van der Waals surface area contributed by atoms with E-state index in [1.807, 2.05) is 33.8 Å². The Morgan fingerprint density at radius 2 is 1.89 bits per heavy atom. The summed E-state index contributed by atoms with van der Waals surface area (Å²) in [5.41, 5.74) is 1.23. The van der Waals surface area contributed by atoms with E-state index < -0.39 is 0 Å². The van der Waals surface area contributed by atoms with Gasteiger partial charge in [-0.1, -0.05) is 30.3 Å². The molecule has 3 heteroatoms. The lowest BCUT2D eigenvalue weighted by atomic mass is 10.1. The lowest BCUT2D eigenvalue weighted by Gasteiger charge is -2.23. The third-order valence-corrected chi connectivity index (χ3v) is 3.93. The van der Waals surface area contributed by atoms with Gasteiger partial charge in [0, 0.05) is 5.54 Å². The van der Waals surface area contributed by atoms with Crippen molar-refractivity contribution in [3.63, 3.8) is 0 Å². The van der Waals surface area contributed by atoms with E-state index in [9.17, 15) is 4.79 Å².